The normalized spacial score (nSPS) is 14.5. The van der Waals surface area contributed by atoms with Crippen LogP contribution in [0.4, 0.5) is 0 Å². The SMILES string of the molecule is CCCCCCCC(=O)NC(C)C(C)CO. The Morgan fingerprint density at radius 3 is 2.38 bits per heavy atom. The van der Waals surface area contributed by atoms with E-state index in [1.54, 1.807) is 0 Å². The number of nitrogens with one attached hydrogen (secondary N) is 1. The third kappa shape index (κ3) is 7.69. The van der Waals surface area contributed by atoms with E-state index < -0.39 is 0 Å². The number of carbonyl (C=O) groups excluding carboxylic acids is 1. The minimum absolute atomic E-state index is 0.0631. The molecule has 0 saturated heterocycles. The van der Waals surface area contributed by atoms with Crippen LogP contribution in [0.5, 0.6) is 0 Å². The van der Waals surface area contributed by atoms with Crippen molar-refractivity contribution in [3.63, 3.8) is 0 Å². The predicted molar refractivity (Wildman–Crippen MR) is 67.2 cm³/mol. The van der Waals surface area contributed by atoms with Crippen LogP contribution in [0, 0.1) is 5.92 Å². The fourth-order valence-corrected chi connectivity index (χ4v) is 1.52. The number of unbranched alkanes of at least 4 members (excludes halogenated alkanes) is 4. The summed E-state index contributed by atoms with van der Waals surface area (Å²) < 4.78 is 0. The van der Waals surface area contributed by atoms with E-state index in [1.165, 1.54) is 19.3 Å². The number of amides is 1. The van der Waals surface area contributed by atoms with Gasteiger partial charge in [0.1, 0.15) is 0 Å². The van der Waals surface area contributed by atoms with Gasteiger partial charge in [0.15, 0.2) is 0 Å². The molecule has 3 heteroatoms. The van der Waals surface area contributed by atoms with Gasteiger partial charge in [-0.1, -0.05) is 39.5 Å². The standard InChI is InChI=1S/C13H27NO2/c1-4-5-6-7-8-9-13(16)14-12(3)11(2)10-15/h11-12,15H,4-10H2,1-3H3,(H,14,16). The van der Waals surface area contributed by atoms with Crippen molar-refractivity contribution in [3.05, 3.63) is 0 Å². The maximum Gasteiger partial charge on any atom is 0.220 e. The van der Waals surface area contributed by atoms with Gasteiger partial charge in [-0.2, -0.15) is 0 Å². The molecule has 0 aromatic rings. The Labute approximate surface area is 99.6 Å². The molecule has 0 saturated carbocycles. The number of aliphatic hydroxyl groups excluding tert-OH is 1. The Hall–Kier alpha value is -0.570. The van der Waals surface area contributed by atoms with Crippen LogP contribution in [0.1, 0.15) is 59.3 Å². The van der Waals surface area contributed by atoms with Gasteiger partial charge in [0.05, 0.1) is 0 Å². The summed E-state index contributed by atoms with van der Waals surface area (Å²) in [5.74, 6) is 0.244. The summed E-state index contributed by atoms with van der Waals surface area (Å²) in [6, 6.07) is 0.0631. The molecule has 0 aliphatic rings. The molecule has 2 N–H and O–H groups in total. The Morgan fingerprint density at radius 1 is 1.19 bits per heavy atom. The van der Waals surface area contributed by atoms with E-state index in [0.717, 1.165) is 12.8 Å². The largest absolute Gasteiger partial charge is 0.396 e. The van der Waals surface area contributed by atoms with Crippen LogP contribution in [0.25, 0.3) is 0 Å². The van der Waals surface area contributed by atoms with Gasteiger partial charge in [-0.3, -0.25) is 4.79 Å². The zero-order chi connectivity index (χ0) is 12.4. The van der Waals surface area contributed by atoms with E-state index in [-0.39, 0.29) is 24.5 Å². The molecule has 0 radical (unpaired) electrons. The van der Waals surface area contributed by atoms with Crippen LogP contribution < -0.4 is 5.32 Å². The molecule has 2 unspecified atom stereocenters. The topological polar surface area (TPSA) is 49.3 Å². The summed E-state index contributed by atoms with van der Waals surface area (Å²) in [5.41, 5.74) is 0. The molecule has 0 bridgehead atoms. The molecule has 0 aromatic heterocycles. The first-order chi connectivity index (χ1) is 7.61. The van der Waals surface area contributed by atoms with Crippen molar-refractivity contribution in [1.29, 1.82) is 0 Å². The van der Waals surface area contributed by atoms with Gasteiger partial charge < -0.3 is 10.4 Å². The van der Waals surface area contributed by atoms with E-state index in [1.807, 2.05) is 13.8 Å². The molecule has 0 aromatic carbocycles. The average molecular weight is 229 g/mol. The first kappa shape index (κ1) is 15.4. The van der Waals surface area contributed by atoms with Crippen molar-refractivity contribution >= 4 is 5.91 Å². The summed E-state index contributed by atoms with van der Waals surface area (Å²) in [6.07, 6.45) is 6.46. The lowest BCUT2D eigenvalue weighted by Crippen LogP contribution is -2.38. The minimum Gasteiger partial charge on any atom is -0.396 e. The second kappa shape index (κ2) is 9.64. The molecule has 2 atom stereocenters. The molecule has 0 aliphatic carbocycles. The summed E-state index contributed by atoms with van der Waals surface area (Å²) in [7, 11) is 0. The molecule has 16 heavy (non-hydrogen) atoms. The zero-order valence-corrected chi connectivity index (χ0v) is 11.0. The second-order valence-corrected chi connectivity index (χ2v) is 4.68. The zero-order valence-electron chi connectivity index (χ0n) is 11.0. The van der Waals surface area contributed by atoms with Crippen LogP contribution >= 0.6 is 0 Å². The number of rotatable bonds is 9. The van der Waals surface area contributed by atoms with Gasteiger partial charge in [-0.05, 0) is 19.3 Å². The second-order valence-electron chi connectivity index (χ2n) is 4.68. The van der Waals surface area contributed by atoms with Crippen molar-refractivity contribution in [1.82, 2.24) is 5.32 Å². The minimum atomic E-state index is 0.0631. The Balaban J connectivity index is 3.51. The number of aliphatic hydroxyl groups is 1. The highest BCUT2D eigenvalue weighted by molar-refractivity contribution is 5.76. The smallest absolute Gasteiger partial charge is 0.220 e. The monoisotopic (exact) mass is 229 g/mol. The maximum absolute atomic E-state index is 11.5. The van der Waals surface area contributed by atoms with Gasteiger partial charge in [-0.15, -0.1) is 0 Å². The molecule has 0 heterocycles. The highest BCUT2D eigenvalue weighted by Crippen LogP contribution is 2.06. The summed E-state index contributed by atoms with van der Waals surface area (Å²) in [6.45, 7) is 6.19. The predicted octanol–water partition coefficient (Wildman–Crippen LogP) is 2.48. The third-order valence-corrected chi connectivity index (χ3v) is 3.04. The van der Waals surface area contributed by atoms with Gasteiger partial charge >= 0.3 is 0 Å². The van der Waals surface area contributed by atoms with Crippen LogP contribution in [-0.2, 0) is 4.79 Å². The fourth-order valence-electron chi connectivity index (χ4n) is 1.52. The molecule has 0 spiro atoms. The van der Waals surface area contributed by atoms with Crippen molar-refractivity contribution < 1.29 is 9.90 Å². The first-order valence-electron chi connectivity index (χ1n) is 6.52. The van der Waals surface area contributed by atoms with E-state index in [2.05, 4.69) is 12.2 Å². The first-order valence-corrected chi connectivity index (χ1v) is 6.52. The quantitative estimate of drug-likeness (QED) is 0.597. The summed E-state index contributed by atoms with van der Waals surface area (Å²) in [4.78, 5) is 11.5. The van der Waals surface area contributed by atoms with E-state index in [9.17, 15) is 4.79 Å². The van der Waals surface area contributed by atoms with Crippen LogP contribution in [0.2, 0.25) is 0 Å². The maximum atomic E-state index is 11.5. The molecular formula is C13H27NO2. The van der Waals surface area contributed by atoms with Gasteiger partial charge in [0.2, 0.25) is 5.91 Å². The molecular weight excluding hydrogens is 202 g/mol. The lowest BCUT2D eigenvalue weighted by molar-refractivity contribution is -0.122. The van der Waals surface area contributed by atoms with Gasteiger partial charge in [0, 0.05) is 19.1 Å². The number of hydrogen-bond donors (Lipinski definition) is 2. The fraction of sp³-hybridized carbons (Fsp3) is 0.923. The summed E-state index contributed by atoms with van der Waals surface area (Å²) >= 11 is 0. The molecule has 96 valence electrons. The molecule has 3 nitrogen and oxygen atoms in total. The van der Waals surface area contributed by atoms with Crippen molar-refractivity contribution in [2.24, 2.45) is 5.92 Å². The summed E-state index contributed by atoms with van der Waals surface area (Å²) in [5, 5.41) is 11.9. The molecule has 0 fully saturated rings. The molecule has 0 rings (SSSR count). The van der Waals surface area contributed by atoms with E-state index in [0.29, 0.717) is 6.42 Å². The number of carbonyl (C=O) groups is 1. The Kier molecular flexibility index (Phi) is 9.30. The lowest BCUT2D eigenvalue weighted by Gasteiger charge is -2.19. The number of hydrogen-bond acceptors (Lipinski definition) is 2. The third-order valence-electron chi connectivity index (χ3n) is 3.04. The van der Waals surface area contributed by atoms with Crippen molar-refractivity contribution in [3.8, 4) is 0 Å². The lowest BCUT2D eigenvalue weighted by atomic mass is 10.0. The van der Waals surface area contributed by atoms with Crippen molar-refractivity contribution in [2.75, 3.05) is 6.61 Å². The Morgan fingerprint density at radius 2 is 1.81 bits per heavy atom. The van der Waals surface area contributed by atoms with E-state index in [4.69, 9.17) is 5.11 Å². The van der Waals surface area contributed by atoms with Crippen molar-refractivity contribution in [2.45, 2.75) is 65.3 Å². The van der Waals surface area contributed by atoms with Crippen LogP contribution in [0.15, 0.2) is 0 Å². The van der Waals surface area contributed by atoms with Crippen LogP contribution in [0.3, 0.4) is 0 Å². The highest BCUT2D eigenvalue weighted by atomic mass is 16.3. The van der Waals surface area contributed by atoms with Gasteiger partial charge in [0.25, 0.3) is 0 Å². The van der Waals surface area contributed by atoms with Crippen LogP contribution in [-0.4, -0.2) is 23.7 Å². The highest BCUT2D eigenvalue weighted by Gasteiger charge is 2.13. The average Bonchev–Trinajstić information content (AvgIpc) is 2.27. The van der Waals surface area contributed by atoms with E-state index >= 15 is 0 Å². The van der Waals surface area contributed by atoms with Gasteiger partial charge in [-0.25, -0.2) is 0 Å². The Bertz CT molecular complexity index is 183. The molecule has 1 amide bonds. The molecule has 0 aliphatic heterocycles.